The first-order valence-corrected chi connectivity index (χ1v) is 19.4. The van der Waals surface area contributed by atoms with Crippen molar-refractivity contribution in [2.75, 3.05) is 49.1 Å². The standard InChI is InChI=1S/2C20H26F2N2O2/c2*21-16-3-1-4-17(22)18(16)23-11-2-9-20(13-23)10-12-24(19(20)26)14-5-7-15(25)8-6-14/h2*1,3-4,14-15,25H,2,5-13H2/t2*14?,15?,20-/m11/s1. The lowest BCUT2D eigenvalue weighted by molar-refractivity contribution is -0.140. The molecule has 0 radical (unpaired) electrons. The molecule has 0 unspecified atom stereocenters. The van der Waals surface area contributed by atoms with Crippen LogP contribution in [-0.2, 0) is 9.59 Å². The van der Waals surface area contributed by atoms with Gasteiger partial charge in [0.05, 0.1) is 23.0 Å². The van der Waals surface area contributed by atoms with E-state index >= 15 is 0 Å². The zero-order valence-electron chi connectivity index (χ0n) is 29.9. The number of piperidine rings is 2. The molecule has 284 valence electrons. The van der Waals surface area contributed by atoms with Crippen molar-refractivity contribution in [3.8, 4) is 0 Å². The van der Waals surface area contributed by atoms with Gasteiger partial charge in [-0.05, 0) is 114 Å². The molecule has 2 aromatic carbocycles. The van der Waals surface area contributed by atoms with Crippen LogP contribution in [-0.4, -0.2) is 95.4 Å². The van der Waals surface area contributed by atoms with E-state index < -0.39 is 34.1 Å². The van der Waals surface area contributed by atoms with Gasteiger partial charge in [-0.2, -0.15) is 0 Å². The Balaban J connectivity index is 0.000000162. The molecule has 0 aromatic heterocycles. The van der Waals surface area contributed by atoms with Crippen molar-refractivity contribution in [1.29, 1.82) is 0 Å². The number of carbonyl (C=O) groups is 2. The highest BCUT2D eigenvalue weighted by Gasteiger charge is 2.52. The monoisotopic (exact) mass is 728 g/mol. The highest BCUT2D eigenvalue weighted by molar-refractivity contribution is 5.87. The van der Waals surface area contributed by atoms with E-state index in [1.165, 1.54) is 36.4 Å². The Hall–Kier alpha value is -3.38. The van der Waals surface area contributed by atoms with Crippen LogP contribution in [0.3, 0.4) is 0 Å². The van der Waals surface area contributed by atoms with Crippen molar-refractivity contribution in [3.63, 3.8) is 0 Å². The highest BCUT2D eigenvalue weighted by Crippen LogP contribution is 2.45. The van der Waals surface area contributed by atoms with Crippen LogP contribution in [0.4, 0.5) is 28.9 Å². The van der Waals surface area contributed by atoms with Crippen LogP contribution < -0.4 is 9.80 Å². The van der Waals surface area contributed by atoms with Crippen molar-refractivity contribution < 1.29 is 37.4 Å². The summed E-state index contributed by atoms with van der Waals surface area (Å²) in [6, 6.07) is 8.23. The molecule has 2 aliphatic carbocycles. The van der Waals surface area contributed by atoms with E-state index in [-0.39, 0.29) is 47.5 Å². The number of anilines is 2. The fourth-order valence-corrected chi connectivity index (χ4v) is 10.1. The lowest BCUT2D eigenvalue weighted by atomic mass is 9.78. The molecule has 6 fully saturated rings. The molecule has 2 spiro atoms. The SMILES string of the molecule is O=C1N(C2CCC(O)CC2)CC[C@@]12CCCN(c1c(F)cccc1F)C2.O=C1N(C2CCC(O)CC2)CC[C@@]12CCCN(c1c(F)cccc1F)C2. The maximum Gasteiger partial charge on any atom is 0.230 e. The Morgan fingerprint density at radius 2 is 0.865 bits per heavy atom. The van der Waals surface area contributed by atoms with Crippen LogP contribution in [0.25, 0.3) is 0 Å². The third-order valence-electron chi connectivity index (χ3n) is 13.0. The van der Waals surface area contributed by atoms with Crippen molar-refractivity contribution in [2.24, 2.45) is 10.8 Å². The van der Waals surface area contributed by atoms with Gasteiger partial charge in [0.2, 0.25) is 11.8 Å². The number of benzene rings is 2. The Kier molecular flexibility index (Phi) is 10.8. The summed E-state index contributed by atoms with van der Waals surface area (Å²) >= 11 is 0. The van der Waals surface area contributed by atoms with Gasteiger partial charge in [0.15, 0.2) is 0 Å². The summed E-state index contributed by atoms with van der Waals surface area (Å²) in [4.78, 5) is 33.9. The minimum absolute atomic E-state index is 0.00128. The molecule has 8 rings (SSSR count). The van der Waals surface area contributed by atoms with Gasteiger partial charge in [0, 0.05) is 51.4 Å². The zero-order chi connectivity index (χ0) is 36.6. The second-order valence-electron chi connectivity index (χ2n) is 16.2. The molecule has 52 heavy (non-hydrogen) atoms. The summed E-state index contributed by atoms with van der Waals surface area (Å²) in [5.41, 5.74) is -1.05. The van der Waals surface area contributed by atoms with Crippen LogP contribution in [0.15, 0.2) is 36.4 Å². The summed E-state index contributed by atoms with van der Waals surface area (Å²) in [6.07, 6.45) is 10.4. The maximum absolute atomic E-state index is 14.2. The third kappa shape index (κ3) is 7.13. The average molecular weight is 729 g/mol. The number of carbonyl (C=O) groups excluding carboxylic acids is 2. The summed E-state index contributed by atoms with van der Waals surface area (Å²) in [5, 5.41) is 19.4. The Morgan fingerprint density at radius 1 is 0.519 bits per heavy atom. The Bertz CT molecular complexity index is 1460. The van der Waals surface area contributed by atoms with Crippen molar-refractivity contribution in [3.05, 3.63) is 59.7 Å². The zero-order valence-corrected chi connectivity index (χ0v) is 29.9. The first kappa shape index (κ1) is 37.0. The van der Waals surface area contributed by atoms with E-state index in [0.717, 1.165) is 89.9 Å². The molecule has 4 aliphatic heterocycles. The first-order chi connectivity index (χ1) is 25.0. The van der Waals surface area contributed by atoms with Crippen molar-refractivity contribution >= 4 is 23.2 Å². The predicted molar refractivity (Wildman–Crippen MR) is 190 cm³/mol. The van der Waals surface area contributed by atoms with E-state index in [2.05, 4.69) is 0 Å². The molecular formula is C40H52F4N4O4. The van der Waals surface area contributed by atoms with Crippen LogP contribution in [0, 0.1) is 34.1 Å². The maximum atomic E-state index is 14.2. The fourth-order valence-electron chi connectivity index (χ4n) is 10.1. The number of halogens is 4. The number of likely N-dealkylation sites (tertiary alicyclic amines) is 2. The van der Waals surface area contributed by atoms with E-state index in [4.69, 9.17) is 0 Å². The minimum Gasteiger partial charge on any atom is -0.393 e. The molecule has 2 aromatic rings. The van der Waals surface area contributed by atoms with E-state index in [1.54, 1.807) is 9.80 Å². The molecule has 8 nitrogen and oxygen atoms in total. The number of amides is 2. The quantitative estimate of drug-likeness (QED) is 0.367. The number of para-hydroxylation sites is 2. The fraction of sp³-hybridized carbons (Fsp3) is 0.650. The first-order valence-electron chi connectivity index (χ1n) is 19.4. The molecule has 2 saturated carbocycles. The van der Waals surface area contributed by atoms with Crippen molar-refractivity contribution in [1.82, 2.24) is 9.80 Å². The Labute approximate surface area is 303 Å². The normalized spacial score (nSPS) is 32.5. The van der Waals surface area contributed by atoms with Gasteiger partial charge in [-0.1, -0.05) is 12.1 Å². The minimum atomic E-state index is -0.564. The summed E-state index contributed by atoms with van der Waals surface area (Å²) < 4.78 is 56.8. The lowest BCUT2D eigenvalue weighted by Gasteiger charge is -2.41. The van der Waals surface area contributed by atoms with Crippen molar-refractivity contribution in [2.45, 2.75) is 114 Å². The van der Waals surface area contributed by atoms with E-state index in [1.807, 2.05) is 9.80 Å². The Morgan fingerprint density at radius 3 is 1.21 bits per heavy atom. The van der Waals surface area contributed by atoms with Gasteiger partial charge < -0.3 is 29.8 Å². The number of aliphatic hydroxyl groups is 2. The van der Waals surface area contributed by atoms with Gasteiger partial charge in [-0.3, -0.25) is 9.59 Å². The smallest absolute Gasteiger partial charge is 0.230 e. The molecule has 4 saturated heterocycles. The predicted octanol–water partition coefficient (Wildman–Crippen LogP) is 6.17. The molecule has 2 atom stereocenters. The summed E-state index contributed by atoms with van der Waals surface area (Å²) in [7, 11) is 0. The van der Waals surface area contributed by atoms with Crippen LogP contribution in [0.5, 0.6) is 0 Å². The van der Waals surface area contributed by atoms with Crippen LogP contribution in [0.2, 0.25) is 0 Å². The van der Waals surface area contributed by atoms with Gasteiger partial charge in [0.25, 0.3) is 0 Å². The van der Waals surface area contributed by atoms with Gasteiger partial charge in [-0.15, -0.1) is 0 Å². The molecular weight excluding hydrogens is 676 g/mol. The molecule has 2 N–H and O–H groups in total. The average Bonchev–Trinajstić information content (AvgIpc) is 3.60. The lowest BCUT2D eigenvalue weighted by Crippen LogP contribution is -2.50. The molecule has 2 amide bonds. The largest absolute Gasteiger partial charge is 0.393 e. The second-order valence-corrected chi connectivity index (χ2v) is 16.2. The molecule has 6 aliphatic rings. The van der Waals surface area contributed by atoms with Crippen LogP contribution >= 0.6 is 0 Å². The third-order valence-corrected chi connectivity index (χ3v) is 13.0. The summed E-state index contributed by atoms with van der Waals surface area (Å²) in [6.45, 7) is 3.34. The number of hydrogen-bond donors (Lipinski definition) is 2. The number of aliphatic hydroxyl groups excluding tert-OH is 2. The van der Waals surface area contributed by atoms with E-state index in [0.29, 0.717) is 39.3 Å². The van der Waals surface area contributed by atoms with Crippen LogP contribution in [0.1, 0.15) is 89.9 Å². The molecule has 4 heterocycles. The number of hydrogen-bond acceptors (Lipinski definition) is 6. The number of rotatable bonds is 4. The van der Waals surface area contributed by atoms with Gasteiger partial charge >= 0.3 is 0 Å². The second kappa shape index (κ2) is 15.2. The van der Waals surface area contributed by atoms with Gasteiger partial charge in [-0.25, -0.2) is 17.6 Å². The van der Waals surface area contributed by atoms with Gasteiger partial charge in [0.1, 0.15) is 34.6 Å². The summed E-state index contributed by atoms with van der Waals surface area (Å²) in [5.74, 6) is -1.98. The molecule has 0 bridgehead atoms. The highest BCUT2D eigenvalue weighted by atomic mass is 19.1. The topological polar surface area (TPSA) is 87.6 Å². The number of nitrogens with zero attached hydrogens (tertiary/aromatic N) is 4. The molecule has 12 heteroatoms. The van der Waals surface area contributed by atoms with E-state index in [9.17, 15) is 37.4 Å².